The molecule has 0 radical (unpaired) electrons. The average molecular weight is 421 g/mol. The molecule has 1 aromatic carbocycles. The summed E-state index contributed by atoms with van der Waals surface area (Å²) in [5, 5.41) is 0. The molecule has 0 spiro atoms. The summed E-state index contributed by atoms with van der Waals surface area (Å²) in [6.07, 6.45) is 15.9. The van der Waals surface area contributed by atoms with Gasteiger partial charge in [-0.1, -0.05) is 30.4 Å². The van der Waals surface area contributed by atoms with Gasteiger partial charge in [0.25, 0.3) is 0 Å². The smallest absolute Gasteiger partial charge is 0.330 e. The van der Waals surface area contributed by atoms with Crippen LogP contribution in [0.1, 0.15) is 70.4 Å². The molecular formula is C28H36O3. The minimum atomic E-state index is -0.296. The molecule has 4 saturated carbocycles. The van der Waals surface area contributed by atoms with Crippen LogP contribution in [0.3, 0.4) is 0 Å². The first-order valence-corrected chi connectivity index (χ1v) is 11.8. The van der Waals surface area contributed by atoms with E-state index in [0.717, 1.165) is 29.1 Å². The van der Waals surface area contributed by atoms with Crippen molar-refractivity contribution in [3.8, 4) is 5.75 Å². The third-order valence-corrected chi connectivity index (χ3v) is 7.60. The summed E-state index contributed by atoms with van der Waals surface area (Å²) < 4.78 is 10.9. The van der Waals surface area contributed by atoms with Gasteiger partial charge in [0.1, 0.15) is 5.75 Å². The molecule has 0 amide bonds. The van der Waals surface area contributed by atoms with Gasteiger partial charge in [-0.05, 0) is 105 Å². The SMILES string of the molecule is CCOC(=O)C=C(C)C=CC=C(C)c1ccc(C23CC4CC(CC(C4)C2)C3)c(OC)c1. The van der Waals surface area contributed by atoms with Crippen molar-refractivity contribution in [1.82, 2.24) is 0 Å². The Morgan fingerprint density at radius 3 is 2.32 bits per heavy atom. The van der Waals surface area contributed by atoms with E-state index in [-0.39, 0.29) is 5.97 Å². The number of hydrogen-bond acceptors (Lipinski definition) is 3. The number of carbonyl (C=O) groups is 1. The largest absolute Gasteiger partial charge is 0.496 e. The average Bonchev–Trinajstić information content (AvgIpc) is 2.72. The van der Waals surface area contributed by atoms with Gasteiger partial charge < -0.3 is 9.47 Å². The number of rotatable bonds is 7. The molecule has 4 bridgehead atoms. The van der Waals surface area contributed by atoms with Crippen molar-refractivity contribution in [2.75, 3.05) is 13.7 Å². The lowest BCUT2D eigenvalue weighted by Gasteiger charge is -2.57. The number of ether oxygens (including phenoxy) is 2. The van der Waals surface area contributed by atoms with Crippen LogP contribution in [0, 0.1) is 17.8 Å². The maximum absolute atomic E-state index is 11.5. The Labute approximate surface area is 187 Å². The molecule has 0 heterocycles. The van der Waals surface area contributed by atoms with Crippen LogP contribution in [0.25, 0.3) is 5.57 Å². The number of hydrogen-bond donors (Lipinski definition) is 0. The third kappa shape index (κ3) is 4.66. The lowest BCUT2D eigenvalue weighted by molar-refractivity contribution is -0.137. The second-order valence-corrected chi connectivity index (χ2v) is 9.96. The van der Waals surface area contributed by atoms with Crippen molar-refractivity contribution in [3.05, 3.63) is 59.2 Å². The highest BCUT2D eigenvalue weighted by molar-refractivity contribution is 5.83. The van der Waals surface area contributed by atoms with E-state index in [4.69, 9.17) is 9.47 Å². The van der Waals surface area contributed by atoms with Crippen LogP contribution in [-0.2, 0) is 14.9 Å². The Hall–Kier alpha value is -2.29. The predicted octanol–water partition coefficient (Wildman–Crippen LogP) is 6.63. The quantitative estimate of drug-likeness (QED) is 0.282. The van der Waals surface area contributed by atoms with Gasteiger partial charge in [-0.15, -0.1) is 0 Å². The van der Waals surface area contributed by atoms with E-state index in [0.29, 0.717) is 12.0 Å². The predicted molar refractivity (Wildman–Crippen MR) is 126 cm³/mol. The summed E-state index contributed by atoms with van der Waals surface area (Å²) in [4.78, 5) is 11.5. The zero-order chi connectivity index (χ0) is 22.0. The summed E-state index contributed by atoms with van der Waals surface area (Å²) >= 11 is 0. The van der Waals surface area contributed by atoms with Crippen molar-refractivity contribution in [2.45, 2.75) is 64.7 Å². The first-order chi connectivity index (χ1) is 14.9. The maximum atomic E-state index is 11.5. The van der Waals surface area contributed by atoms with Gasteiger partial charge in [0.2, 0.25) is 0 Å². The first kappa shape index (κ1) is 21.9. The number of carbonyl (C=O) groups excluding carboxylic acids is 1. The van der Waals surface area contributed by atoms with Crippen LogP contribution in [0.15, 0.2) is 48.1 Å². The Kier molecular flexibility index (Phi) is 6.41. The second kappa shape index (κ2) is 9.06. The van der Waals surface area contributed by atoms with Crippen molar-refractivity contribution in [1.29, 1.82) is 0 Å². The molecule has 1 aromatic rings. The van der Waals surface area contributed by atoms with Gasteiger partial charge >= 0.3 is 5.97 Å². The topological polar surface area (TPSA) is 35.5 Å². The van der Waals surface area contributed by atoms with E-state index < -0.39 is 0 Å². The molecule has 0 saturated heterocycles. The molecule has 3 nitrogen and oxygen atoms in total. The third-order valence-electron chi connectivity index (χ3n) is 7.60. The molecule has 166 valence electrons. The lowest BCUT2D eigenvalue weighted by Crippen LogP contribution is -2.48. The van der Waals surface area contributed by atoms with Gasteiger partial charge in [-0.2, -0.15) is 0 Å². The van der Waals surface area contributed by atoms with Crippen LogP contribution in [0.2, 0.25) is 0 Å². The Balaban J connectivity index is 1.52. The fraction of sp³-hybridized carbons (Fsp3) is 0.536. The van der Waals surface area contributed by atoms with Crippen LogP contribution in [-0.4, -0.2) is 19.7 Å². The van der Waals surface area contributed by atoms with E-state index >= 15 is 0 Å². The molecule has 4 aliphatic carbocycles. The van der Waals surface area contributed by atoms with E-state index in [9.17, 15) is 4.79 Å². The zero-order valence-electron chi connectivity index (χ0n) is 19.4. The number of benzene rings is 1. The molecule has 4 aliphatic rings. The monoisotopic (exact) mass is 420 g/mol. The van der Waals surface area contributed by atoms with Gasteiger partial charge in [-0.25, -0.2) is 4.79 Å². The molecule has 0 N–H and O–H groups in total. The second-order valence-electron chi connectivity index (χ2n) is 9.96. The molecule has 0 aliphatic heterocycles. The Bertz CT molecular complexity index is 883. The van der Waals surface area contributed by atoms with E-state index in [2.05, 4.69) is 31.2 Å². The molecule has 0 atom stereocenters. The molecular weight excluding hydrogens is 384 g/mol. The number of methoxy groups -OCH3 is 1. The lowest BCUT2D eigenvalue weighted by atomic mass is 9.48. The minimum absolute atomic E-state index is 0.296. The van der Waals surface area contributed by atoms with E-state index in [1.54, 1.807) is 0 Å². The summed E-state index contributed by atoms with van der Waals surface area (Å²) in [5.74, 6) is 3.53. The van der Waals surface area contributed by atoms with Gasteiger partial charge in [-0.3, -0.25) is 0 Å². The Morgan fingerprint density at radius 1 is 1.10 bits per heavy atom. The van der Waals surface area contributed by atoms with Crippen LogP contribution in [0.4, 0.5) is 0 Å². The van der Waals surface area contributed by atoms with Gasteiger partial charge in [0.05, 0.1) is 13.7 Å². The molecule has 5 rings (SSSR count). The summed E-state index contributed by atoms with van der Waals surface area (Å²) in [6.45, 7) is 6.23. The van der Waals surface area contributed by atoms with Crippen LogP contribution >= 0.6 is 0 Å². The summed E-state index contributed by atoms with van der Waals surface area (Å²) in [7, 11) is 1.81. The molecule has 0 unspecified atom stereocenters. The van der Waals surface area contributed by atoms with Crippen molar-refractivity contribution in [3.63, 3.8) is 0 Å². The summed E-state index contributed by atoms with van der Waals surface area (Å²) in [5.41, 5.74) is 5.01. The number of allylic oxidation sites excluding steroid dienone is 5. The summed E-state index contributed by atoms with van der Waals surface area (Å²) in [6, 6.07) is 6.82. The molecule has 4 fully saturated rings. The fourth-order valence-electron chi connectivity index (χ4n) is 6.67. The highest BCUT2D eigenvalue weighted by Gasteiger charge is 2.52. The Morgan fingerprint density at radius 2 is 1.74 bits per heavy atom. The zero-order valence-corrected chi connectivity index (χ0v) is 19.4. The highest BCUT2D eigenvalue weighted by atomic mass is 16.5. The van der Waals surface area contributed by atoms with Crippen molar-refractivity contribution >= 4 is 11.5 Å². The minimum Gasteiger partial charge on any atom is -0.496 e. The van der Waals surface area contributed by atoms with Crippen LogP contribution < -0.4 is 4.74 Å². The standard InChI is InChI=1S/C28H36O3/c1-5-31-27(29)11-19(2)7-6-8-20(3)24-9-10-25(26(15-24)30-4)28-16-21-12-22(17-28)14-23(13-21)18-28/h6-11,15,21-23H,5,12-14,16-18H2,1-4H3. The van der Waals surface area contributed by atoms with Gasteiger partial charge in [0, 0.05) is 11.6 Å². The molecule has 3 heteroatoms. The molecule has 31 heavy (non-hydrogen) atoms. The number of esters is 1. The van der Waals surface area contributed by atoms with Crippen molar-refractivity contribution in [2.24, 2.45) is 17.8 Å². The fourth-order valence-corrected chi connectivity index (χ4v) is 6.67. The molecule has 0 aromatic heterocycles. The van der Waals surface area contributed by atoms with Gasteiger partial charge in [0.15, 0.2) is 0 Å². The van der Waals surface area contributed by atoms with E-state index in [1.807, 2.05) is 33.1 Å². The van der Waals surface area contributed by atoms with E-state index in [1.165, 1.54) is 61.3 Å². The maximum Gasteiger partial charge on any atom is 0.330 e. The first-order valence-electron chi connectivity index (χ1n) is 11.8. The van der Waals surface area contributed by atoms with Crippen LogP contribution in [0.5, 0.6) is 5.75 Å². The highest BCUT2D eigenvalue weighted by Crippen LogP contribution is 2.61. The normalized spacial score (nSPS) is 30.1. The van der Waals surface area contributed by atoms with Crippen molar-refractivity contribution < 1.29 is 14.3 Å².